The summed E-state index contributed by atoms with van der Waals surface area (Å²) < 4.78 is 15.5. The molecule has 1 radical (unpaired) electrons. The zero-order valence-corrected chi connectivity index (χ0v) is 14.4. The second-order valence-corrected chi connectivity index (χ2v) is 5.96. The predicted molar refractivity (Wildman–Crippen MR) is 73.5 cm³/mol. The molecule has 25 heavy (non-hydrogen) atoms. The fraction of sp³-hybridized carbons (Fsp3) is 1.00. The molecule has 0 aromatic carbocycles. The van der Waals surface area contributed by atoms with E-state index in [0.29, 0.717) is 0 Å². The summed E-state index contributed by atoms with van der Waals surface area (Å²) in [5, 5.41) is 77.9. The third-order valence-electron chi connectivity index (χ3n) is 4.46. The Balaban J connectivity index is 0.00000312. The first kappa shape index (κ1) is 23.1. The van der Waals surface area contributed by atoms with Crippen molar-refractivity contribution in [3.05, 3.63) is 0 Å². The maximum Gasteiger partial charge on any atom is 2.00 e. The molecule has 1 saturated carbocycles. The fourth-order valence-corrected chi connectivity index (χ4v) is 2.95. The summed E-state index contributed by atoms with van der Waals surface area (Å²) in [7, 11) is 1.18. The van der Waals surface area contributed by atoms with Crippen molar-refractivity contribution < 1.29 is 72.1 Å². The molecule has 1 heterocycles. The van der Waals surface area contributed by atoms with Crippen molar-refractivity contribution in [2.24, 2.45) is 0 Å². The van der Waals surface area contributed by atoms with Crippen LogP contribution in [0.2, 0.25) is 0 Å². The molecule has 12 heteroatoms. The molecule has 1 saturated heterocycles. The SMILES string of the molecule is CO[C@@H]1[C@@H](O)[C@@H](O)[C@H](O)[C@H](O)[C@H]1O[C@@H]1O[C@H](CO)[C@H](O)[C@H](O)[C@H]1O.[Mn+2]. The van der Waals surface area contributed by atoms with Crippen LogP contribution in [-0.4, -0.2) is 122 Å². The summed E-state index contributed by atoms with van der Waals surface area (Å²) in [6.45, 7) is -0.671. The van der Waals surface area contributed by atoms with Crippen LogP contribution >= 0.6 is 0 Å². The van der Waals surface area contributed by atoms with Gasteiger partial charge in [-0.1, -0.05) is 0 Å². The van der Waals surface area contributed by atoms with E-state index in [4.69, 9.17) is 19.3 Å². The number of methoxy groups -OCH3 is 1. The van der Waals surface area contributed by atoms with Crippen LogP contribution in [0.1, 0.15) is 0 Å². The van der Waals surface area contributed by atoms with Crippen molar-refractivity contribution in [1.29, 1.82) is 0 Å². The second kappa shape index (κ2) is 9.33. The Hall–Kier alpha value is 0.0795. The van der Waals surface area contributed by atoms with Crippen molar-refractivity contribution >= 4 is 0 Å². The Labute approximate surface area is 153 Å². The molecule has 0 unspecified atom stereocenters. The molecular weight excluding hydrogens is 387 g/mol. The van der Waals surface area contributed by atoms with E-state index in [1.54, 1.807) is 0 Å². The van der Waals surface area contributed by atoms with Crippen molar-refractivity contribution in [1.82, 2.24) is 0 Å². The number of rotatable bonds is 4. The molecule has 0 bridgehead atoms. The summed E-state index contributed by atoms with van der Waals surface area (Å²) in [5.74, 6) is 0. The average Bonchev–Trinajstić information content (AvgIpc) is 2.58. The maximum absolute atomic E-state index is 10.1. The standard InChI is InChI=1S/C13H24O11.Mn/c1-22-11-8(19)6(17)7(18)9(20)12(11)24-13-10(21)5(16)4(15)3(2-14)23-13;/h3-21H,2H2,1H3;/q;+2/t3-,4+,5+,6+,7+,8+,9+,10-,11-,12-,13+;/m1./s1. The van der Waals surface area contributed by atoms with Gasteiger partial charge in [0, 0.05) is 7.11 Å². The van der Waals surface area contributed by atoms with Crippen molar-refractivity contribution in [2.75, 3.05) is 13.7 Å². The molecule has 0 amide bonds. The van der Waals surface area contributed by atoms with Gasteiger partial charge in [-0.05, 0) is 0 Å². The molecule has 0 spiro atoms. The van der Waals surface area contributed by atoms with Gasteiger partial charge in [-0.25, -0.2) is 0 Å². The second-order valence-electron chi connectivity index (χ2n) is 5.96. The molecule has 11 nitrogen and oxygen atoms in total. The van der Waals surface area contributed by atoms with Gasteiger partial charge in [0.25, 0.3) is 0 Å². The van der Waals surface area contributed by atoms with Gasteiger partial charge >= 0.3 is 17.1 Å². The third-order valence-corrected chi connectivity index (χ3v) is 4.46. The zero-order chi connectivity index (χ0) is 18.2. The largest absolute Gasteiger partial charge is 2.00 e. The number of hydrogen-bond acceptors (Lipinski definition) is 11. The molecule has 2 rings (SSSR count). The summed E-state index contributed by atoms with van der Waals surface area (Å²) >= 11 is 0. The van der Waals surface area contributed by atoms with E-state index >= 15 is 0 Å². The van der Waals surface area contributed by atoms with Crippen molar-refractivity contribution in [2.45, 2.75) is 67.3 Å². The minimum atomic E-state index is -1.75. The number of aliphatic hydroxyl groups excluding tert-OH is 8. The Morgan fingerprint density at radius 3 is 1.68 bits per heavy atom. The molecule has 0 aromatic heterocycles. The van der Waals surface area contributed by atoms with Crippen LogP contribution in [0.5, 0.6) is 0 Å². The van der Waals surface area contributed by atoms with Crippen LogP contribution in [0.3, 0.4) is 0 Å². The average molecular weight is 411 g/mol. The maximum atomic E-state index is 10.1. The Bertz CT molecular complexity index is 413. The summed E-state index contributed by atoms with van der Waals surface area (Å²) in [5.41, 5.74) is 0. The summed E-state index contributed by atoms with van der Waals surface area (Å²) in [6.07, 6.45) is -17.2. The smallest absolute Gasteiger partial charge is 0.394 e. The normalized spacial score (nSPS) is 51.0. The molecule has 2 aliphatic rings. The molecule has 8 N–H and O–H groups in total. The van der Waals surface area contributed by atoms with Gasteiger partial charge in [-0.2, -0.15) is 0 Å². The summed E-state index contributed by atoms with van der Waals surface area (Å²) in [4.78, 5) is 0. The van der Waals surface area contributed by atoms with Crippen LogP contribution < -0.4 is 0 Å². The van der Waals surface area contributed by atoms with E-state index in [2.05, 4.69) is 0 Å². The predicted octanol–water partition coefficient (Wildman–Crippen LogP) is -5.36. The van der Waals surface area contributed by atoms with Gasteiger partial charge in [0.05, 0.1) is 6.61 Å². The van der Waals surface area contributed by atoms with Gasteiger partial charge in [-0.15, -0.1) is 0 Å². The topological polar surface area (TPSA) is 190 Å². The number of aliphatic hydroxyl groups is 8. The molecule has 2 fully saturated rings. The van der Waals surface area contributed by atoms with Crippen molar-refractivity contribution in [3.63, 3.8) is 0 Å². The molecule has 147 valence electrons. The summed E-state index contributed by atoms with van der Waals surface area (Å²) in [6, 6.07) is 0. The zero-order valence-electron chi connectivity index (χ0n) is 13.2. The molecule has 1 aliphatic heterocycles. The van der Waals surface area contributed by atoms with Crippen LogP contribution in [0.15, 0.2) is 0 Å². The van der Waals surface area contributed by atoms with Crippen LogP contribution in [0.25, 0.3) is 0 Å². The van der Waals surface area contributed by atoms with Gasteiger partial charge < -0.3 is 55.1 Å². The van der Waals surface area contributed by atoms with E-state index in [0.717, 1.165) is 0 Å². The van der Waals surface area contributed by atoms with Gasteiger partial charge in [-0.3, -0.25) is 0 Å². The Kier molecular flexibility index (Phi) is 8.63. The first-order chi connectivity index (χ1) is 11.2. The third kappa shape index (κ3) is 4.33. The quantitative estimate of drug-likeness (QED) is 0.206. The van der Waals surface area contributed by atoms with Crippen LogP contribution in [0, 0.1) is 0 Å². The molecule has 1 aliphatic carbocycles. The molecule has 11 atom stereocenters. The number of ether oxygens (including phenoxy) is 3. The van der Waals surface area contributed by atoms with E-state index < -0.39 is 73.9 Å². The Morgan fingerprint density at radius 1 is 0.720 bits per heavy atom. The van der Waals surface area contributed by atoms with Crippen molar-refractivity contribution in [3.8, 4) is 0 Å². The van der Waals surface area contributed by atoms with E-state index in [9.17, 15) is 35.7 Å². The van der Waals surface area contributed by atoms with Crippen LogP contribution in [-0.2, 0) is 31.3 Å². The first-order valence-electron chi connectivity index (χ1n) is 7.45. The van der Waals surface area contributed by atoms with Gasteiger partial charge in [0.15, 0.2) is 6.29 Å². The van der Waals surface area contributed by atoms with Gasteiger partial charge in [0.2, 0.25) is 0 Å². The minimum Gasteiger partial charge on any atom is -0.394 e. The minimum absolute atomic E-state index is 0. The van der Waals surface area contributed by atoms with Crippen LogP contribution in [0.4, 0.5) is 0 Å². The van der Waals surface area contributed by atoms with Gasteiger partial charge in [0.1, 0.15) is 61.0 Å². The fourth-order valence-electron chi connectivity index (χ4n) is 2.95. The number of hydrogen-bond donors (Lipinski definition) is 8. The first-order valence-corrected chi connectivity index (χ1v) is 7.45. The van der Waals surface area contributed by atoms with E-state index in [1.807, 2.05) is 0 Å². The Morgan fingerprint density at radius 2 is 1.20 bits per heavy atom. The van der Waals surface area contributed by atoms with E-state index in [-0.39, 0.29) is 17.1 Å². The van der Waals surface area contributed by atoms with E-state index in [1.165, 1.54) is 7.11 Å². The molecular formula is C13H24MnO11+2. The monoisotopic (exact) mass is 411 g/mol. The molecule has 0 aromatic rings.